The lowest BCUT2D eigenvalue weighted by Crippen LogP contribution is -2.56. The van der Waals surface area contributed by atoms with E-state index in [9.17, 15) is 20.1 Å². The number of benzene rings is 3. The Morgan fingerprint density at radius 3 is 2.40 bits per heavy atom. The number of aliphatic hydroxyl groups excluding tert-OH is 1. The number of carbonyl (C=O) groups is 2. The summed E-state index contributed by atoms with van der Waals surface area (Å²) in [4.78, 5) is 29.8. The number of nitrogens with zero attached hydrogens (tertiary/aromatic N) is 1. The average Bonchev–Trinajstić information content (AvgIpc) is 3.59. The zero-order valence-electron chi connectivity index (χ0n) is 27.2. The van der Waals surface area contributed by atoms with Gasteiger partial charge in [0.1, 0.15) is 35.1 Å². The summed E-state index contributed by atoms with van der Waals surface area (Å²) in [6, 6.07) is 16.9. The molecule has 47 heavy (non-hydrogen) atoms. The zero-order valence-corrected chi connectivity index (χ0v) is 27.2. The van der Waals surface area contributed by atoms with Crippen LogP contribution < -0.4 is 24.3 Å². The van der Waals surface area contributed by atoms with Crippen LogP contribution in [0.25, 0.3) is 0 Å². The fourth-order valence-electron chi connectivity index (χ4n) is 7.69. The third-order valence-corrected chi connectivity index (χ3v) is 10.2. The van der Waals surface area contributed by atoms with Crippen molar-refractivity contribution >= 4 is 11.8 Å². The van der Waals surface area contributed by atoms with Gasteiger partial charge >= 0.3 is 0 Å². The van der Waals surface area contributed by atoms with Gasteiger partial charge in [-0.1, -0.05) is 50.2 Å². The summed E-state index contributed by atoms with van der Waals surface area (Å²) in [6.07, 6.45) is -0.492. The normalized spacial score (nSPS) is 28.2. The molecule has 2 aliphatic heterocycles. The van der Waals surface area contributed by atoms with Crippen LogP contribution >= 0.6 is 0 Å². The van der Waals surface area contributed by atoms with Gasteiger partial charge in [0.15, 0.2) is 17.1 Å². The smallest absolute Gasteiger partial charge is 0.231 e. The van der Waals surface area contributed by atoms with E-state index in [0.29, 0.717) is 42.7 Å². The largest absolute Gasteiger partial charge is 0.504 e. The van der Waals surface area contributed by atoms with E-state index in [-0.39, 0.29) is 40.4 Å². The minimum atomic E-state index is -2.26. The van der Waals surface area contributed by atoms with Crippen LogP contribution in [-0.2, 0) is 20.8 Å². The first kappa shape index (κ1) is 32.5. The number of fused-ring (bicyclic) bond motifs is 4. The summed E-state index contributed by atoms with van der Waals surface area (Å²) in [6.45, 7) is 4.11. The molecule has 2 fully saturated rings. The summed E-state index contributed by atoms with van der Waals surface area (Å²) in [5.41, 5.74) is -3.00. The van der Waals surface area contributed by atoms with Gasteiger partial charge in [-0.3, -0.25) is 9.59 Å². The van der Waals surface area contributed by atoms with Crippen LogP contribution in [0.2, 0.25) is 0 Å². The Morgan fingerprint density at radius 1 is 1.04 bits per heavy atom. The molecule has 0 aromatic heterocycles. The Morgan fingerprint density at radius 2 is 1.77 bits per heavy atom. The van der Waals surface area contributed by atoms with Crippen LogP contribution in [0.15, 0.2) is 60.7 Å². The second-order valence-electron chi connectivity index (χ2n) is 12.6. The highest BCUT2D eigenvalue weighted by molar-refractivity contribution is 5.86. The molecule has 0 unspecified atom stereocenters. The van der Waals surface area contributed by atoms with Gasteiger partial charge in [0, 0.05) is 36.1 Å². The summed E-state index contributed by atoms with van der Waals surface area (Å²) in [5, 5.41) is 39.7. The number of nitrogens with one attached hydrogen (secondary N) is 1. The van der Waals surface area contributed by atoms with Crippen molar-refractivity contribution < 1.29 is 43.9 Å². The van der Waals surface area contributed by atoms with Crippen LogP contribution in [0.3, 0.4) is 0 Å². The topological polar surface area (TPSA) is 147 Å². The van der Waals surface area contributed by atoms with Crippen molar-refractivity contribution in [2.24, 2.45) is 11.8 Å². The number of carbonyl (C=O) groups excluding carboxylic acids is 2. The number of rotatable bonds is 9. The fourth-order valence-corrected chi connectivity index (χ4v) is 7.69. The summed E-state index contributed by atoms with van der Waals surface area (Å²) >= 11 is 0. The summed E-state index contributed by atoms with van der Waals surface area (Å²) in [7, 11) is 4.34. The lowest BCUT2D eigenvalue weighted by molar-refractivity contribution is -0.167. The number of hydrogen-bond acceptors (Lipinski definition) is 9. The number of aromatic hydroxyl groups is 1. The predicted molar refractivity (Wildman–Crippen MR) is 171 cm³/mol. The number of ether oxygens (including phenoxy) is 4. The molecule has 2 amide bonds. The molecular weight excluding hydrogens is 604 g/mol. The fraction of sp³-hybridized carbons (Fsp3) is 0.444. The van der Waals surface area contributed by atoms with Gasteiger partial charge in [0.2, 0.25) is 11.8 Å². The summed E-state index contributed by atoms with van der Waals surface area (Å²) < 4.78 is 23.5. The Hall–Kier alpha value is -4.48. The van der Waals surface area contributed by atoms with E-state index >= 15 is 4.79 Å². The number of hydrogen-bond donors (Lipinski definition) is 4. The summed E-state index contributed by atoms with van der Waals surface area (Å²) in [5.74, 6) is -2.48. The SMILES string of the molecule is CC[C@H](C)C(=O)N[C@@H]1CCCN1C(=O)[C@H]1[C@H](c2ccccc2)[C@]2(c3ccc(OC)c(O)c3)Oc3cc(OC)cc(OC)c3[C@@]1(O)[C@@H]2O. The molecular formula is C36H42N2O9. The Kier molecular flexibility index (Phi) is 8.48. The minimum absolute atomic E-state index is 0.109. The third kappa shape index (κ3) is 4.86. The molecule has 1 aliphatic carbocycles. The molecule has 2 bridgehead atoms. The Bertz CT molecular complexity index is 1670. The minimum Gasteiger partial charge on any atom is -0.504 e. The van der Waals surface area contributed by atoms with E-state index < -0.39 is 41.2 Å². The maximum Gasteiger partial charge on any atom is 0.231 e. The molecule has 11 heteroatoms. The van der Waals surface area contributed by atoms with Crippen LogP contribution in [0.4, 0.5) is 0 Å². The van der Waals surface area contributed by atoms with E-state index in [2.05, 4.69) is 5.32 Å². The van der Waals surface area contributed by atoms with Crippen molar-refractivity contribution in [1.82, 2.24) is 10.2 Å². The number of phenolic OH excluding ortho intramolecular Hbond substituents is 1. The molecule has 3 aromatic carbocycles. The van der Waals surface area contributed by atoms with Crippen LogP contribution in [-0.4, -0.2) is 72.2 Å². The van der Waals surface area contributed by atoms with Crippen molar-refractivity contribution in [1.29, 1.82) is 0 Å². The molecule has 11 nitrogen and oxygen atoms in total. The molecule has 0 spiro atoms. The van der Waals surface area contributed by atoms with Crippen molar-refractivity contribution in [2.75, 3.05) is 27.9 Å². The second-order valence-corrected chi connectivity index (χ2v) is 12.6. The Balaban J connectivity index is 1.62. The number of phenols is 1. The molecule has 4 N–H and O–H groups in total. The standard InChI is InChI=1S/C36H42N2O9/c1-6-20(2)32(40)37-28-13-10-16-38(28)33(41)31-29(21-11-8-7-9-12-21)36(22-14-15-25(45-4)24(39)17-22)34(42)35(31,43)30-26(46-5)18-23(44-3)19-27(30)47-36/h7-9,11-12,14-15,17-20,28-29,31,34,39,42-43H,6,10,13,16H2,1-5H3,(H,37,40)/t20-,28-,29-,31+,34-,35-,36-/m0/s1. The number of amides is 2. The van der Waals surface area contributed by atoms with Gasteiger partial charge < -0.3 is 44.5 Å². The van der Waals surface area contributed by atoms with Crippen LogP contribution in [0.1, 0.15) is 55.7 Å². The van der Waals surface area contributed by atoms with E-state index in [0.717, 1.165) is 0 Å². The van der Waals surface area contributed by atoms with E-state index in [1.165, 1.54) is 27.4 Å². The van der Waals surface area contributed by atoms with Crippen LogP contribution in [0.5, 0.6) is 28.7 Å². The molecule has 3 aromatic rings. The molecule has 7 atom stereocenters. The van der Waals surface area contributed by atoms with E-state index in [4.69, 9.17) is 18.9 Å². The van der Waals surface area contributed by atoms with E-state index in [1.54, 1.807) is 29.2 Å². The maximum absolute atomic E-state index is 15.1. The third-order valence-electron chi connectivity index (χ3n) is 10.2. The predicted octanol–water partition coefficient (Wildman–Crippen LogP) is 3.78. The molecule has 2 heterocycles. The highest BCUT2D eigenvalue weighted by Crippen LogP contribution is 2.68. The molecule has 250 valence electrons. The average molecular weight is 647 g/mol. The van der Waals surface area contributed by atoms with Crippen molar-refractivity contribution in [3.8, 4) is 28.7 Å². The lowest BCUT2D eigenvalue weighted by atomic mass is 9.75. The van der Waals surface area contributed by atoms with Gasteiger partial charge in [-0.15, -0.1) is 0 Å². The number of aliphatic hydroxyl groups is 2. The van der Waals surface area contributed by atoms with E-state index in [1.807, 2.05) is 44.2 Å². The number of methoxy groups -OCH3 is 3. The first-order valence-electron chi connectivity index (χ1n) is 16.0. The lowest BCUT2D eigenvalue weighted by Gasteiger charge is -2.45. The first-order valence-corrected chi connectivity index (χ1v) is 16.0. The van der Waals surface area contributed by atoms with Gasteiger partial charge in [0.05, 0.1) is 32.8 Å². The molecule has 3 aliphatic rings. The first-order chi connectivity index (χ1) is 22.6. The molecule has 6 rings (SSSR count). The van der Waals surface area contributed by atoms with Crippen molar-refractivity contribution in [2.45, 2.75) is 62.5 Å². The van der Waals surface area contributed by atoms with Gasteiger partial charge in [-0.25, -0.2) is 0 Å². The molecule has 1 saturated carbocycles. The second kappa shape index (κ2) is 12.3. The highest BCUT2D eigenvalue weighted by atomic mass is 16.5. The van der Waals surface area contributed by atoms with Gasteiger partial charge in [-0.2, -0.15) is 0 Å². The van der Waals surface area contributed by atoms with Crippen LogP contribution in [0, 0.1) is 11.8 Å². The zero-order chi connectivity index (χ0) is 33.7. The van der Waals surface area contributed by atoms with Gasteiger partial charge in [0.25, 0.3) is 0 Å². The van der Waals surface area contributed by atoms with Gasteiger partial charge in [-0.05, 0) is 37.0 Å². The quantitative estimate of drug-likeness (QED) is 0.273. The molecule has 0 radical (unpaired) electrons. The highest BCUT2D eigenvalue weighted by Gasteiger charge is 2.76. The maximum atomic E-state index is 15.1. The molecule has 1 saturated heterocycles. The van der Waals surface area contributed by atoms with Crippen molar-refractivity contribution in [3.05, 3.63) is 77.4 Å². The number of likely N-dealkylation sites (tertiary alicyclic amines) is 1. The van der Waals surface area contributed by atoms with Crippen molar-refractivity contribution in [3.63, 3.8) is 0 Å². The monoisotopic (exact) mass is 646 g/mol. The Labute approximate surface area is 274 Å².